The normalized spacial score (nSPS) is 23.2. The molecule has 0 spiro atoms. The summed E-state index contributed by atoms with van der Waals surface area (Å²) in [6, 6.07) is 9.94. The number of methoxy groups -OCH3 is 1. The molecule has 1 fully saturated rings. The molecule has 1 aliphatic heterocycles. The molecule has 1 aromatic carbocycles. The molecule has 2 atom stereocenters. The Bertz CT molecular complexity index is 407. The molecule has 0 bridgehead atoms. The highest BCUT2D eigenvalue weighted by Crippen LogP contribution is 2.20. The van der Waals surface area contributed by atoms with Gasteiger partial charge in [0.15, 0.2) is 0 Å². The second-order valence-corrected chi connectivity index (χ2v) is 4.98. The maximum absolute atomic E-state index is 12.1. The number of hydrogen-bond donors (Lipinski definition) is 0. The molecule has 0 saturated carbocycles. The summed E-state index contributed by atoms with van der Waals surface area (Å²) in [5, 5.41) is 0. The molecule has 4 nitrogen and oxygen atoms in total. The van der Waals surface area contributed by atoms with Gasteiger partial charge in [-0.3, -0.25) is 0 Å². The second kappa shape index (κ2) is 6.57. The highest BCUT2D eigenvalue weighted by atomic mass is 16.6. The van der Waals surface area contributed by atoms with Crippen molar-refractivity contribution in [3.63, 3.8) is 0 Å². The number of likely N-dealkylation sites (tertiary alicyclic amines) is 1. The Balaban J connectivity index is 1.88. The van der Waals surface area contributed by atoms with E-state index in [0.717, 1.165) is 18.4 Å². The highest BCUT2D eigenvalue weighted by molar-refractivity contribution is 5.68. The third-order valence-corrected chi connectivity index (χ3v) is 3.61. The molecule has 4 heteroatoms. The minimum atomic E-state index is -0.252. The molecule has 19 heavy (non-hydrogen) atoms. The standard InChI is InChI=1S/C15H21NO3/c1-12-8-9-14(18-2)10-16(12)15(17)19-11-13-6-4-3-5-7-13/h3-7,12,14H,8-11H2,1-2H3/t12-,14+/m1/s1. The van der Waals surface area contributed by atoms with E-state index in [-0.39, 0.29) is 18.2 Å². The van der Waals surface area contributed by atoms with Crippen molar-refractivity contribution in [2.45, 2.75) is 38.5 Å². The largest absolute Gasteiger partial charge is 0.445 e. The first kappa shape index (κ1) is 13.9. The smallest absolute Gasteiger partial charge is 0.410 e. The first-order valence-corrected chi connectivity index (χ1v) is 6.71. The average Bonchev–Trinajstić information content (AvgIpc) is 2.46. The molecule has 1 saturated heterocycles. The summed E-state index contributed by atoms with van der Waals surface area (Å²) < 4.78 is 10.7. The van der Waals surface area contributed by atoms with Gasteiger partial charge in [-0.1, -0.05) is 30.3 Å². The molecule has 104 valence electrons. The SMILES string of the molecule is CO[C@H]1CC[C@@H](C)N(C(=O)OCc2ccccc2)C1. The van der Waals surface area contributed by atoms with E-state index in [1.807, 2.05) is 30.3 Å². The summed E-state index contributed by atoms with van der Waals surface area (Å²) in [5.74, 6) is 0. The van der Waals surface area contributed by atoms with Crippen molar-refractivity contribution in [2.24, 2.45) is 0 Å². The number of hydrogen-bond acceptors (Lipinski definition) is 3. The first-order chi connectivity index (χ1) is 9.20. The first-order valence-electron chi connectivity index (χ1n) is 6.71. The van der Waals surface area contributed by atoms with Crippen LogP contribution < -0.4 is 0 Å². The molecule has 1 aromatic rings. The number of rotatable bonds is 3. The number of piperidine rings is 1. The van der Waals surface area contributed by atoms with Crippen LogP contribution in [0.25, 0.3) is 0 Å². The number of amides is 1. The van der Waals surface area contributed by atoms with Crippen LogP contribution in [0, 0.1) is 0 Å². The maximum atomic E-state index is 12.1. The van der Waals surface area contributed by atoms with Crippen molar-refractivity contribution >= 4 is 6.09 Å². The van der Waals surface area contributed by atoms with E-state index < -0.39 is 0 Å². The summed E-state index contributed by atoms with van der Waals surface area (Å²) in [4.78, 5) is 13.9. The Morgan fingerprint density at radius 1 is 1.32 bits per heavy atom. The monoisotopic (exact) mass is 263 g/mol. The van der Waals surface area contributed by atoms with Crippen LogP contribution in [0.4, 0.5) is 4.79 Å². The Kier molecular flexibility index (Phi) is 4.80. The number of ether oxygens (including phenoxy) is 2. The van der Waals surface area contributed by atoms with Crippen LogP contribution in [0.5, 0.6) is 0 Å². The van der Waals surface area contributed by atoms with Crippen molar-refractivity contribution < 1.29 is 14.3 Å². The van der Waals surface area contributed by atoms with E-state index in [0.29, 0.717) is 13.2 Å². The van der Waals surface area contributed by atoms with E-state index in [1.54, 1.807) is 12.0 Å². The molecule has 0 unspecified atom stereocenters. The lowest BCUT2D eigenvalue weighted by molar-refractivity contribution is 0.00371. The van der Waals surface area contributed by atoms with Gasteiger partial charge in [0.1, 0.15) is 6.61 Å². The topological polar surface area (TPSA) is 38.8 Å². The van der Waals surface area contributed by atoms with Gasteiger partial charge < -0.3 is 14.4 Å². The lowest BCUT2D eigenvalue weighted by Crippen LogP contribution is -2.48. The molecule has 1 amide bonds. The van der Waals surface area contributed by atoms with Gasteiger partial charge in [-0.15, -0.1) is 0 Å². The van der Waals surface area contributed by atoms with Crippen LogP contribution in [0.1, 0.15) is 25.3 Å². The highest BCUT2D eigenvalue weighted by Gasteiger charge is 2.29. The van der Waals surface area contributed by atoms with Crippen molar-refractivity contribution in [2.75, 3.05) is 13.7 Å². The van der Waals surface area contributed by atoms with Crippen LogP contribution in [-0.2, 0) is 16.1 Å². The third kappa shape index (κ3) is 3.70. The molecule has 1 heterocycles. The van der Waals surface area contributed by atoms with Crippen LogP contribution in [-0.4, -0.2) is 36.8 Å². The van der Waals surface area contributed by atoms with Crippen LogP contribution in [0.2, 0.25) is 0 Å². The Morgan fingerprint density at radius 3 is 2.74 bits per heavy atom. The summed E-state index contributed by atoms with van der Waals surface area (Å²) in [5.41, 5.74) is 1.00. The molecule has 0 aliphatic carbocycles. The van der Waals surface area contributed by atoms with E-state index in [4.69, 9.17) is 9.47 Å². The van der Waals surface area contributed by atoms with Crippen molar-refractivity contribution in [3.05, 3.63) is 35.9 Å². The van der Waals surface area contributed by atoms with E-state index in [2.05, 4.69) is 6.92 Å². The van der Waals surface area contributed by atoms with Gasteiger partial charge in [0.05, 0.1) is 12.6 Å². The number of nitrogens with zero attached hydrogens (tertiary/aromatic N) is 1. The Morgan fingerprint density at radius 2 is 2.05 bits per heavy atom. The van der Waals surface area contributed by atoms with Gasteiger partial charge in [0.25, 0.3) is 0 Å². The van der Waals surface area contributed by atoms with E-state index in [9.17, 15) is 4.79 Å². The van der Waals surface area contributed by atoms with E-state index in [1.165, 1.54) is 0 Å². The second-order valence-electron chi connectivity index (χ2n) is 4.98. The van der Waals surface area contributed by atoms with Gasteiger partial charge in [-0.05, 0) is 25.3 Å². The summed E-state index contributed by atoms with van der Waals surface area (Å²) >= 11 is 0. The third-order valence-electron chi connectivity index (χ3n) is 3.61. The number of benzene rings is 1. The predicted molar refractivity (Wildman–Crippen MR) is 72.8 cm³/mol. The molecule has 1 aliphatic rings. The molecular formula is C15H21NO3. The maximum Gasteiger partial charge on any atom is 0.410 e. The van der Waals surface area contributed by atoms with Crippen molar-refractivity contribution in [3.8, 4) is 0 Å². The molecular weight excluding hydrogens is 242 g/mol. The predicted octanol–water partition coefficient (Wildman–Crippen LogP) is 2.82. The number of carbonyl (C=O) groups excluding carboxylic acids is 1. The van der Waals surface area contributed by atoms with Crippen molar-refractivity contribution in [1.82, 2.24) is 4.90 Å². The van der Waals surface area contributed by atoms with Gasteiger partial charge in [-0.2, -0.15) is 0 Å². The molecule has 0 N–H and O–H groups in total. The quantitative estimate of drug-likeness (QED) is 0.841. The van der Waals surface area contributed by atoms with Gasteiger partial charge >= 0.3 is 6.09 Å². The van der Waals surface area contributed by atoms with Crippen LogP contribution in [0.3, 0.4) is 0 Å². The lowest BCUT2D eigenvalue weighted by Gasteiger charge is -2.36. The average molecular weight is 263 g/mol. The lowest BCUT2D eigenvalue weighted by atomic mass is 10.0. The zero-order chi connectivity index (χ0) is 13.7. The zero-order valence-corrected chi connectivity index (χ0v) is 11.5. The molecule has 2 rings (SSSR count). The Labute approximate surface area is 114 Å². The minimum Gasteiger partial charge on any atom is -0.445 e. The van der Waals surface area contributed by atoms with Crippen LogP contribution in [0.15, 0.2) is 30.3 Å². The fourth-order valence-electron chi connectivity index (χ4n) is 2.32. The van der Waals surface area contributed by atoms with Gasteiger partial charge in [0, 0.05) is 13.2 Å². The molecule has 0 aromatic heterocycles. The van der Waals surface area contributed by atoms with Crippen molar-refractivity contribution in [1.29, 1.82) is 0 Å². The molecule has 0 radical (unpaired) electrons. The van der Waals surface area contributed by atoms with Gasteiger partial charge in [0.2, 0.25) is 0 Å². The fourth-order valence-corrected chi connectivity index (χ4v) is 2.32. The summed E-state index contributed by atoms with van der Waals surface area (Å²) in [6.07, 6.45) is 1.83. The fraction of sp³-hybridized carbons (Fsp3) is 0.533. The van der Waals surface area contributed by atoms with Crippen LogP contribution >= 0.6 is 0 Å². The summed E-state index contributed by atoms with van der Waals surface area (Å²) in [7, 11) is 1.69. The minimum absolute atomic E-state index is 0.125. The zero-order valence-electron chi connectivity index (χ0n) is 11.5. The number of carbonyl (C=O) groups is 1. The van der Waals surface area contributed by atoms with E-state index >= 15 is 0 Å². The Hall–Kier alpha value is -1.55. The summed E-state index contributed by atoms with van der Waals surface area (Å²) in [6.45, 7) is 2.99. The van der Waals surface area contributed by atoms with Gasteiger partial charge in [-0.25, -0.2) is 4.79 Å².